The van der Waals surface area contributed by atoms with Gasteiger partial charge in [-0.25, -0.2) is 0 Å². The zero-order valence-electron chi connectivity index (χ0n) is 25.1. The van der Waals surface area contributed by atoms with Crippen molar-refractivity contribution in [3.8, 4) is 34.1 Å². The van der Waals surface area contributed by atoms with Gasteiger partial charge >= 0.3 is 0 Å². The number of ether oxygens (including phenoxy) is 4. The first-order valence-electron chi connectivity index (χ1n) is 14.5. The summed E-state index contributed by atoms with van der Waals surface area (Å²) >= 11 is 6.22. The van der Waals surface area contributed by atoms with Crippen LogP contribution in [0, 0.1) is 0 Å². The van der Waals surface area contributed by atoms with E-state index in [1.165, 1.54) is 20.4 Å². The van der Waals surface area contributed by atoms with Gasteiger partial charge in [0.05, 0.1) is 37.9 Å². The first-order valence-corrected chi connectivity index (χ1v) is 14.9. The first-order chi connectivity index (χ1) is 22.3. The van der Waals surface area contributed by atoms with Gasteiger partial charge in [0.2, 0.25) is 0 Å². The summed E-state index contributed by atoms with van der Waals surface area (Å²) in [5.74, 6) is 0.833. The number of pyridine rings is 1. The maximum atomic E-state index is 13.7. The van der Waals surface area contributed by atoms with Crippen molar-refractivity contribution in [2.75, 3.05) is 33.9 Å². The number of halogens is 1. The predicted molar refractivity (Wildman–Crippen MR) is 170 cm³/mol. The molecule has 0 aliphatic carbocycles. The van der Waals surface area contributed by atoms with Crippen LogP contribution in [0.4, 0.5) is 0 Å². The molecule has 236 valence electrons. The Kier molecular flexibility index (Phi) is 8.93. The Balaban J connectivity index is 1.35. The molecule has 0 spiro atoms. The number of rotatable bonds is 3. The molecule has 6 bridgehead atoms. The fourth-order valence-electron chi connectivity index (χ4n) is 5.47. The molecule has 0 radical (unpaired) electrons. The summed E-state index contributed by atoms with van der Waals surface area (Å²) in [6.07, 6.45) is 2.50. The van der Waals surface area contributed by atoms with E-state index in [1.807, 2.05) is 6.07 Å². The predicted octanol–water partition coefficient (Wildman–Crippen LogP) is 4.13. The number of benzene rings is 3. The molecule has 3 aliphatic heterocycles. The number of amides is 3. The lowest BCUT2D eigenvalue weighted by Crippen LogP contribution is -2.45. The molecule has 2 N–H and O–H groups in total. The summed E-state index contributed by atoms with van der Waals surface area (Å²) < 4.78 is 23.1. The second kappa shape index (κ2) is 13.4. The molecule has 2 atom stereocenters. The zero-order chi connectivity index (χ0) is 32.2. The standard InChI is InChI=1S/C34H31ClN4O7/c1-43-29-9-7-24(35)12-27(29)34(42)39-17-28-31(18-39)46-26-8-6-21(30(13-26)44-2)16-37-32(40)19-45-25-5-3-4-20(11-25)22-10-23(15-36-14-22)33(41)38-28/h3-15,28,31H,16-19H2,1-2H3,(H,37,40)(H,38,41)/t28-,31-/m0/s1. The van der Waals surface area contributed by atoms with Gasteiger partial charge in [-0.2, -0.15) is 0 Å². The van der Waals surface area contributed by atoms with E-state index in [9.17, 15) is 14.4 Å². The lowest BCUT2D eigenvalue weighted by molar-refractivity contribution is -0.123. The molecule has 3 amide bonds. The van der Waals surface area contributed by atoms with Crippen molar-refractivity contribution in [3.05, 3.63) is 101 Å². The van der Waals surface area contributed by atoms with Crippen LogP contribution in [0.1, 0.15) is 26.3 Å². The molecule has 7 rings (SSSR count). The van der Waals surface area contributed by atoms with Crippen LogP contribution < -0.4 is 29.6 Å². The molecule has 3 aromatic carbocycles. The Labute approximate surface area is 270 Å². The normalized spacial score (nSPS) is 17.9. The molecule has 1 fully saturated rings. The number of aromatic nitrogens is 1. The van der Waals surface area contributed by atoms with Gasteiger partial charge in [0.1, 0.15) is 29.1 Å². The third-order valence-corrected chi connectivity index (χ3v) is 8.06. The Hall–Kier alpha value is -5.29. The Morgan fingerprint density at radius 1 is 0.913 bits per heavy atom. The smallest absolute Gasteiger partial charge is 0.258 e. The first kappa shape index (κ1) is 30.7. The van der Waals surface area contributed by atoms with E-state index < -0.39 is 12.1 Å². The average Bonchev–Trinajstić information content (AvgIpc) is 3.47. The maximum absolute atomic E-state index is 13.7. The van der Waals surface area contributed by atoms with Crippen molar-refractivity contribution in [3.63, 3.8) is 0 Å². The monoisotopic (exact) mass is 642 g/mol. The highest BCUT2D eigenvalue weighted by atomic mass is 35.5. The number of carbonyl (C=O) groups excluding carboxylic acids is 3. The van der Waals surface area contributed by atoms with Crippen molar-refractivity contribution in [1.29, 1.82) is 0 Å². The SMILES string of the molecule is COc1cc2ccc1CNC(=O)COc1cccc(c1)-c1cncc(c1)C(=O)N[C@H]1CN(C(=O)c3cc(Cl)ccc3OC)C[C@@H]1O2. The quantitative estimate of drug-likeness (QED) is 0.342. The summed E-state index contributed by atoms with van der Waals surface area (Å²) in [6, 6.07) is 18.4. The molecular formula is C34H31ClN4O7. The highest BCUT2D eigenvalue weighted by Gasteiger charge is 2.39. The molecule has 0 unspecified atom stereocenters. The molecule has 1 aromatic heterocycles. The fourth-order valence-corrected chi connectivity index (χ4v) is 5.64. The summed E-state index contributed by atoms with van der Waals surface area (Å²) in [5, 5.41) is 6.30. The third kappa shape index (κ3) is 6.69. The minimum Gasteiger partial charge on any atom is -0.496 e. The van der Waals surface area contributed by atoms with E-state index in [1.54, 1.807) is 71.8 Å². The number of nitrogens with one attached hydrogen (secondary N) is 2. The lowest BCUT2D eigenvalue weighted by Gasteiger charge is -2.22. The van der Waals surface area contributed by atoms with E-state index in [2.05, 4.69) is 15.6 Å². The van der Waals surface area contributed by atoms with Gasteiger partial charge in [-0.05, 0) is 54.1 Å². The van der Waals surface area contributed by atoms with Crippen LogP contribution in [0.3, 0.4) is 0 Å². The third-order valence-electron chi connectivity index (χ3n) is 7.82. The number of hydrogen-bond donors (Lipinski definition) is 2. The summed E-state index contributed by atoms with van der Waals surface area (Å²) in [7, 11) is 3.01. The minimum atomic E-state index is -0.621. The Bertz CT molecular complexity index is 1800. The Morgan fingerprint density at radius 2 is 1.74 bits per heavy atom. The molecular weight excluding hydrogens is 612 g/mol. The topological polar surface area (TPSA) is 128 Å². The van der Waals surface area contributed by atoms with E-state index in [-0.39, 0.29) is 44.0 Å². The van der Waals surface area contributed by atoms with Crippen LogP contribution in [-0.2, 0) is 11.3 Å². The molecule has 4 aromatic rings. The van der Waals surface area contributed by atoms with Gasteiger partial charge in [0.15, 0.2) is 6.61 Å². The number of hydrogen-bond acceptors (Lipinski definition) is 8. The number of nitrogens with zero attached hydrogens (tertiary/aromatic N) is 2. The van der Waals surface area contributed by atoms with E-state index in [0.29, 0.717) is 44.7 Å². The highest BCUT2D eigenvalue weighted by molar-refractivity contribution is 6.31. The number of carbonyl (C=O) groups is 3. The molecule has 0 saturated carbocycles. The molecule has 11 nitrogen and oxygen atoms in total. The van der Waals surface area contributed by atoms with Crippen LogP contribution in [-0.4, -0.2) is 73.7 Å². The number of methoxy groups -OCH3 is 2. The number of likely N-dealkylation sites (tertiary alicyclic amines) is 1. The molecule has 4 heterocycles. The van der Waals surface area contributed by atoms with Gasteiger partial charge in [0, 0.05) is 47.7 Å². The largest absolute Gasteiger partial charge is 0.496 e. The van der Waals surface area contributed by atoms with Gasteiger partial charge in [0.25, 0.3) is 17.7 Å². The second-order valence-corrected chi connectivity index (χ2v) is 11.3. The fraction of sp³-hybridized carbons (Fsp3) is 0.235. The maximum Gasteiger partial charge on any atom is 0.258 e. The average molecular weight is 643 g/mol. The van der Waals surface area contributed by atoms with Crippen molar-refractivity contribution in [1.82, 2.24) is 20.5 Å². The molecule has 3 aliphatic rings. The van der Waals surface area contributed by atoms with Gasteiger partial charge in [-0.1, -0.05) is 23.7 Å². The van der Waals surface area contributed by atoms with E-state index in [4.69, 9.17) is 30.5 Å². The lowest BCUT2D eigenvalue weighted by atomic mass is 10.1. The van der Waals surface area contributed by atoms with Crippen molar-refractivity contribution in [2.24, 2.45) is 0 Å². The summed E-state index contributed by atoms with van der Waals surface area (Å²) in [4.78, 5) is 45.9. The van der Waals surface area contributed by atoms with Crippen LogP contribution in [0.5, 0.6) is 23.0 Å². The van der Waals surface area contributed by atoms with Gasteiger partial charge in [-0.15, -0.1) is 0 Å². The van der Waals surface area contributed by atoms with E-state index in [0.717, 1.165) is 11.1 Å². The summed E-state index contributed by atoms with van der Waals surface area (Å²) in [6.45, 7) is 0.354. The number of fused-ring (bicyclic) bond motifs is 7. The van der Waals surface area contributed by atoms with Gasteiger partial charge in [-0.3, -0.25) is 19.4 Å². The minimum absolute atomic E-state index is 0.165. The van der Waals surface area contributed by atoms with E-state index >= 15 is 0 Å². The van der Waals surface area contributed by atoms with Crippen molar-refractivity contribution < 1.29 is 33.3 Å². The Morgan fingerprint density at radius 3 is 2.57 bits per heavy atom. The van der Waals surface area contributed by atoms with Crippen molar-refractivity contribution >= 4 is 29.3 Å². The molecule has 46 heavy (non-hydrogen) atoms. The summed E-state index contributed by atoms with van der Waals surface area (Å²) in [5.41, 5.74) is 2.80. The second-order valence-electron chi connectivity index (χ2n) is 10.8. The van der Waals surface area contributed by atoms with Crippen LogP contribution in [0.25, 0.3) is 11.1 Å². The molecule has 1 saturated heterocycles. The van der Waals surface area contributed by atoms with Crippen LogP contribution in [0.2, 0.25) is 5.02 Å². The van der Waals surface area contributed by atoms with Gasteiger partial charge < -0.3 is 34.5 Å². The zero-order valence-corrected chi connectivity index (χ0v) is 25.9. The highest BCUT2D eigenvalue weighted by Crippen LogP contribution is 2.30. The van der Waals surface area contributed by atoms with Crippen LogP contribution in [0.15, 0.2) is 79.1 Å². The van der Waals surface area contributed by atoms with Crippen molar-refractivity contribution in [2.45, 2.75) is 18.7 Å². The van der Waals surface area contributed by atoms with Crippen LogP contribution >= 0.6 is 11.6 Å². The molecule has 12 heteroatoms.